The van der Waals surface area contributed by atoms with Crippen molar-refractivity contribution in [3.8, 4) is 0 Å². The Morgan fingerprint density at radius 1 is 1.36 bits per heavy atom. The van der Waals surface area contributed by atoms with Gasteiger partial charge in [-0.25, -0.2) is 0 Å². The summed E-state index contributed by atoms with van der Waals surface area (Å²) in [6.07, 6.45) is 0.934. The van der Waals surface area contributed by atoms with Gasteiger partial charge in [0.1, 0.15) is 6.10 Å². The quantitative estimate of drug-likeness (QED) is 0.900. The maximum absolute atomic E-state index is 9.93. The molecule has 0 saturated carbocycles. The zero-order valence-electron chi connectivity index (χ0n) is 6.91. The SMILES string of the molecule is OC(c1coc(Br)c1)c1ccc(Br)s1. The summed E-state index contributed by atoms with van der Waals surface area (Å²) in [6.45, 7) is 0. The van der Waals surface area contributed by atoms with Crippen molar-refractivity contribution in [2.24, 2.45) is 0 Å². The number of halogens is 2. The molecule has 0 fully saturated rings. The van der Waals surface area contributed by atoms with E-state index >= 15 is 0 Å². The van der Waals surface area contributed by atoms with Gasteiger partial charge < -0.3 is 9.52 Å². The molecule has 0 aromatic carbocycles. The molecule has 74 valence electrons. The van der Waals surface area contributed by atoms with Crippen LogP contribution in [0.15, 0.2) is 37.3 Å². The summed E-state index contributed by atoms with van der Waals surface area (Å²) in [6, 6.07) is 5.57. The first-order valence-electron chi connectivity index (χ1n) is 3.84. The van der Waals surface area contributed by atoms with Crippen molar-refractivity contribution in [2.45, 2.75) is 6.10 Å². The molecule has 0 aliphatic rings. The van der Waals surface area contributed by atoms with Gasteiger partial charge in [0.2, 0.25) is 0 Å². The molecule has 14 heavy (non-hydrogen) atoms. The number of aliphatic hydroxyl groups excluding tert-OH is 1. The molecule has 1 atom stereocenters. The van der Waals surface area contributed by atoms with E-state index in [1.165, 1.54) is 11.3 Å². The average Bonchev–Trinajstić information content (AvgIpc) is 2.73. The molecule has 0 aliphatic carbocycles. The fourth-order valence-electron chi connectivity index (χ4n) is 1.11. The first-order valence-corrected chi connectivity index (χ1v) is 6.24. The lowest BCUT2D eigenvalue weighted by Gasteiger charge is -2.03. The predicted octanol–water partition coefficient (Wildman–Crippen LogP) is 3.95. The van der Waals surface area contributed by atoms with Crippen molar-refractivity contribution >= 4 is 43.2 Å². The van der Waals surface area contributed by atoms with Gasteiger partial charge in [0.15, 0.2) is 4.67 Å². The van der Waals surface area contributed by atoms with Crippen LogP contribution in [0.3, 0.4) is 0 Å². The molecule has 2 nitrogen and oxygen atoms in total. The Hall–Kier alpha value is -0.100. The Morgan fingerprint density at radius 2 is 2.14 bits per heavy atom. The van der Waals surface area contributed by atoms with Crippen LogP contribution in [-0.4, -0.2) is 5.11 Å². The highest BCUT2D eigenvalue weighted by atomic mass is 79.9. The standard InChI is InChI=1S/C9H6Br2O2S/c10-7-3-5(4-13-7)9(12)6-1-2-8(11)14-6/h1-4,9,12H. The molecular formula is C9H6Br2O2S. The molecule has 0 radical (unpaired) electrons. The van der Waals surface area contributed by atoms with Crippen LogP contribution < -0.4 is 0 Å². The van der Waals surface area contributed by atoms with Crippen LogP contribution in [0.1, 0.15) is 16.5 Å². The Balaban J connectivity index is 2.28. The highest BCUT2D eigenvalue weighted by Crippen LogP contribution is 2.32. The predicted molar refractivity (Wildman–Crippen MR) is 62.5 cm³/mol. The smallest absolute Gasteiger partial charge is 0.169 e. The van der Waals surface area contributed by atoms with E-state index in [2.05, 4.69) is 31.9 Å². The van der Waals surface area contributed by atoms with Crippen LogP contribution in [0.2, 0.25) is 0 Å². The van der Waals surface area contributed by atoms with Crippen molar-refractivity contribution in [3.63, 3.8) is 0 Å². The van der Waals surface area contributed by atoms with Crippen LogP contribution in [0.25, 0.3) is 0 Å². The summed E-state index contributed by atoms with van der Waals surface area (Å²) < 4.78 is 6.70. The molecule has 5 heteroatoms. The van der Waals surface area contributed by atoms with Gasteiger partial charge in [-0.2, -0.15) is 0 Å². The lowest BCUT2D eigenvalue weighted by molar-refractivity contribution is 0.223. The molecule has 1 unspecified atom stereocenters. The van der Waals surface area contributed by atoms with Crippen molar-refractivity contribution < 1.29 is 9.52 Å². The first-order chi connectivity index (χ1) is 6.66. The Bertz CT molecular complexity index is 395. The molecule has 2 aromatic heterocycles. The van der Waals surface area contributed by atoms with Gasteiger partial charge in [-0.05, 0) is 50.1 Å². The summed E-state index contributed by atoms with van der Waals surface area (Å²) in [5.74, 6) is 0. The van der Waals surface area contributed by atoms with Crippen LogP contribution in [0, 0.1) is 0 Å². The van der Waals surface area contributed by atoms with Crippen LogP contribution in [0.5, 0.6) is 0 Å². The third kappa shape index (κ3) is 2.11. The van der Waals surface area contributed by atoms with E-state index in [0.717, 1.165) is 14.2 Å². The molecule has 0 aliphatic heterocycles. The van der Waals surface area contributed by atoms with Gasteiger partial charge in [-0.3, -0.25) is 0 Å². The fourth-order valence-corrected chi connectivity index (χ4v) is 2.90. The molecule has 2 heterocycles. The largest absolute Gasteiger partial charge is 0.457 e. The molecule has 2 rings (SSSR count). The molecule has 0 spiro atoms. The van der Waals surface area contributed by atoms with E-state index in [-0.39, 0.29) is 0 Å². The zero-order valence-corrected chi connectivity index (χ0v) is 10.9. The second kappa shape index (κ2) is 4.18. The summed E-state index contributed by atoms with van der Waals surface area (Å²) in [7, 11) is 0. The van der Waals surface area contributed by atoms with E-state index < -0.39 is 6.10 Å². The minimum atomic E-state index is -0.610. The minimum Gasteiger partial charge on any atom is -0.457 e. The maximum Gasteiger partial charge on any atom is 0.169 e. The summed E-state index contributed by atoms with van der Waals surface area (Å²) in [5.41, 5.74) is 0.756. The Morgan fingerprint density at radius 3 is 2.64 bits per heavy atom. The molecule has 0 saturated heterocycles. The molecule has 1 N–H and O–H groups in total. The van der Waals surface area contributed by atoms with Crippen LogP contribution in [0.4, 0.5) is 0 Å². The van der Waals surface area contributed by atoms with Gasteiger partial charge in [-0.15, -0.1) is 11.3 Å². The highest BCUT2D eigenvalue weighted by molar-refractivity contribution is 9.11. The van der Waals surface area contributed by atoms with Crippen molar-refractivity contribution in [3.05, 3.63) is 43.4 Å². The van der Waals surface area contributed by atoms with E-state index in [9.17, 15) is 5.11 Å². The third-order valence-corrected chi connectivity index (χ3v) is 3.86. The maximum atomic E-state index is 9.93. The molecule has 0 bridgehead atoms. The number of rotatable bonds is 2. The summed E-state index contributed by atoms with van der Waals surface area (Å²) in [5, 5.41) is 9.93. The fraction of sp³-hybridized carbons (Fsp3) is 0.111. The van der Waals surface area contributed by atoms with Crippen LogP contribution >= 0.6 is 43.2 Å². The topological polar surface area (TPSA) is 33.4 Å². The number of furan rings is 1. The van der Waals surface area contributed by atoms with E-state index in [0.29, 0.717) is 4.67 Å². The molecule has 0 amide bonds. The number of hydrogen-bond acceptors (Lipinski definition) is 3. The Labute approximate surface area is 102 Å². The first kappa shape index (κ1) is 10.4. The monoisotopic (exact) mass is 336 g/mol. The van der Waals surface area contributed by atoms with Crippen molar-refractivity contribution in [1.82, 2.24) is 0 Å². The lowest BCUT2D eigenvalue weighted by atomic mass is 10.2. The van der Waals surface area contributed by atoms with Gasteiger partial charge in [0, 0.05) is 10.4 Å². The summed E-state index contributed by atoms with van der Waals surface area (Å²) >= 11 is 8.06. The van der Waals surface area contributed by atoms with Crippen molar-refractivity contribution in [1.29, 1.82) is 0 Å². The summed E-state index contributed by atoms with van der Waals surface area (Å²) in [4.78, 5) is 0.894. The zero-order chi connectivity index (χ0) is 10.1. The van der Waals surface area contributed by atoms with Gasteiger partial charge >= 0.3 is 0 Å². The average molecular weight is 338 g/mol. The van der Waals surface area contributed by atoms with Crippen molar-refractivity contribution in [2.75, 3.05) is 0 Å². The number of hydrogen-bond donors (Lipinski definition) is 1. The molecular weight excluding hydrogens is 332 g/mol. The second-order valence-electron chi connectivity index (χ2n) is 2.73. The third-order valence-electron chi connectivity index (χ3n) is 1.77. The number of thiophene rings is 1. The van der Waals surface area contributed by atoms with Gasteiger partial charge in [0.05, 0.1) is 10.0 Å². The van der Waals surface area contributed by atoms with Crippen LogP contribution in [-0.2, 0) is 0 Å². The minimum absolute atomic E-state index is 0.610. The normalized spacial score (nSPS) is 13.1. The van der Waals surface area contributed by atoms with E-state index in [4.69, 9.17) is 4.42 Å². The van der Waals surface area contributed by atoms with E-state index in [1.807, 2.05) is 12.1 Å². The Kier molecular flexibility index (Phi) is 3.11. The second-order valence-corrected chi connectivity index (χ2v) is 6.00. The van der Waals surface area contributed by atoms with Gasteiger partial charge in [-0.1, -0.05) is 0 Å². The van der Waals surface area contributed by atoms with Gasteiger partial charge in [0.25, 0.3) is 0 Å². The van der Waals surface area contributed by atoms with E-state index in [1.54, 1.807) is 12.3 Å². The lowest BCUT2D eigenvalue weighted by Crippen LogP contribution is -1.93. The molecule has 2 aromatic rings. The number of aliphatic hydroxyl groups is 1. The highest BCUT2D eigenvalue weighted by Gasteiger charge is 2.14.